The topological polar surface area (TPSA) is 99.3 Å². The Bertz CT molecular complexity index is 615. The van der Waals surface area contributed by atoms with Gasteiger partial charge in [0, 0.05) is 11.4 Å². The Morgan fingerprint density at radius 3 is 2.36 bits per heavy atom. The number of carbonyl (C=O) groups is 3. The van der Waals surface area contributed by atoms with Gasteiger partial charge in [-0.1, -0.05) is 34.8 Å². The first kappa shape index (κ1) is 16.7. The zero-order valence-corrected chi connectivity index (χ0v) is 13.3. The van der Waals surface area contributed by atoms with E-state index in [0.29, 0.717) is 10.7 Å². The molecule has 0 saturated carbocycles. The number of benzene rings is 1. The molecule has 10 heteroatoms. The standard InChI is InChI=1S/C12H11Cl3N4O3/c13-5-3-6(14)10(7(15)4-5)19-18-9(20)2-1-8-11(21)17-12(22)16-8/h3-4,8,19H,1-2H2,(H,18,20)(H2,16,17,21,22). The van der Waals surface area contributed by atoms with Gasteiger partial charge in [-0.25, -0.2) is 4.79 Å². The Kier molecular flexibility index (Phi) is 5.33. The van der Waals surface area contributed by atoms with Gasteiger partial charge < -0.3 is 5.32 Å². The van der Waals surface area contributed by atoms with Gasteiger partial charge in [-0.3, -0.25) is 25.8 Å². The SMILES string of the molecule is O=C(CCC1NC(=O)NC1=O)NNc1c(Cl)cc(Cl)cc1Cl. The first-order valence-corrected chi connectivity index (χ1v) is 7.31. The lowest BCUT2D eigenvalue weighted by atomic mass is 10.1. The Balaban J connectivity index is 1.83. The van der Waals surface area contributed by atoms with E-state index in [0.717, 1.165) is 0 Å². The third kappa shape index (κ3) is 4.16. The van der Waals surface area contributed by atoms with Crippen LogP contribution in [0.1, 0.15) is 12.8 Å². The van der Waals surface area contributed by atoms with Gasteiger partial charge in [0.15, 0.2) is 0 Å². The van der Waals surface area contributed by atoms with Crippen LogP contribution in [0.3, 0.4) is 0 Å². The maximum Gasteiger partial charge on any atom is 0.322 e. The summed E-state index contributed by atoms with van der Waals surface area (Å²) in [5.74, 6) is -0.842. The Labute approximate surface area is 140 Å². The molecule has 4 amide bonds. The average molecular weight is 366 g/mol. The number of urea groups is 1. The van der Waals surface area contributed by atoms with Crippen molar-refractivity contribution in [3.05, 3.63) is 27.2 Å². The fraction of sp³-hybridized carbons (Fsp3) is 0.250. The Hall–Kier alpha value is -1.70. The fourth-order valence-electron chi connectivity index (χ4n) is 1.79. The van der Waals surface area contributed by atoms with E-state index < -0.39 is 23.9 Å². The molecule has 1 saturated heterocycles. The predicted molar refractivity (Wildman–Crippen MR) is 82.9 cm³/mol. The number of hydrogen-bond donors (Lipinski definition) is 4. The van der Waals surface area contributed by atoms with Gasteiger partial charge in [0.2, 0.25) is 5.91 Å². The van der Waals surface area contributed by atoms with Crippen molar-refractivity contribution in [1.29, 1.82) is 0 Å². The van der Waals surface area contributed by atoms with Crippen LogP contribution in [0.4, 0.5) is 10.5 Å². The van der Waals surface area contributed by atoms with E-state index in [1.54, 1.807) is 0 Å². The second-order valence-electron chi connectivity index (χ2n) is 4.47. The average Bonchev–Trinajstić information content (AvgIpc) is 2.73. The molecule has 1 heterocycles. The second-order valence-corrected chi connectivity index (χ2v) is 5.72. The summed E-state index contributed by atoms with van der Waals surface area (Å²) >= 11 is 17.7. The maximum atomic E-state index is 11.7. The molecular weight excluding hydrogens is 355 g/mol. The van der Waals surface area contributed by atoms with Gasteiger partial charge in [-0.05, 0) is 18.6 Å². The summed E-state index contributed by atoms with van der Waals surface area (Å²) in [6.07, 6.45) is 0.196. The van der Waals surface area contributed by atoms with Crippen LogP contribution in [-0.4, -0.2) is 23.9 Å². The predicted octanol–water partition coefficient (Wildman–Crippen LogP) is 2.08. The Morgan fingerprint density at radius 1 is 1.18 bits per heavy atom. The first-order valence-electron chi connectivity index (χ1n) is 6.17. The molecule has 7 nitrogen and oxygen atoms in total. The van der Waals surface area contributed by atoms with Crippen LogP contribution in [0.15, 0.2) is 12.1 Å². The minimum Gasteiger partial charge on any atom is -0.326 e. The summed E-state index contributed by atoms with van der Waals surface area (Å²) in [7, 11) is 0. The van der Waals surface area contributed by atoms with Gasteiger partial charge in [0.05, 0.1) is 15.7 Å². The highest BCUT2D eigenvalue weighted by atomic mass is 35.5. The maximum absolute atomic E-state index is 11.7. The van der Waals surface area contributed by atoms with Gasteiger partial charge in [0.25, 0.3) is 5.91 Å². The van der Waals surface area contributed by atoms with Crippen LogP contribution in [0.25, 0.3) is 0 Å². The molecule has 0 spiro atoms. The molecule has 1 aromatic carbocycles. The van der Waals surface area contributed by atoms with Crippen LogP contribution >= 0.6 is 34.8 Å². The van der Waals surface area contributed by atoms with E-state index in [2.05, 4.69) is 21.5 Å². The van der Waals surface area contributed by atoms with Crippen LogP contribution < -0.4 is 21.5 Å². The van der Waals surface area contributed by atoms with E-state index in [9.17, 15) is 14.4 Å². The number of halogens is 3. The van der Waals surface area contributed by atoms with Gasteiger partial charge in [0.1, 0.15) is 6.04 Å². The van der Waals surface area contributed by atoms with Crippen molar-refractivity contribution in [2.45, 2.75) is 18.9 Å². The number of amides is 4. The summed E-state index contributed by atoms with van der Waals surface area (Å²) < 4.78 is 0. The molecule has 118 valence electrons. The zero-order valence-electron chi connectivity index (χ0n) is 11.0. The van der Waals surface area contributed by atoms with Crippen molar-refractivity contribution in [2.24, 2.45) is 0 Å². The Morgan fingerprint density at radius 2 is 1.82 bits per heavy atom. The summed E-state index contributed by atoms with van der Waals surface area (Å²) in [4.78, 5) is 34.0. The van der Waals surface area contributed by atoms with E-state index in [-0.39, 0.29) is 22.9 Å². The van der Waals surface area contributed by atoms with Crippen molar-refractivity contribution in [3.63, 3.8) is 0 Å². The number of carbonyl (C=O) groups excluding carboxylic acids is 3. The molecule has 1 aromatic rings. The van der Waals surface area contributed by atoms with Crippen molar-refractivity contribution in [3.8, 4) is 0 Å². The molecular formula is C12H11Cl3N4O3. The van der Waals surface area contributed by atoms with Crippen molar-refractivity contribution < 1.29 is 14.4 Å². The van der Waals surface area contributed by atoms with Gasteiger partial charge in [-0.15, -0.1) is 0 Å². The molecule has 1 unspecified atom stereocenters. The third-order valence-corrected chi connectivity index (χ3v) is 3.67. The largest absolute Gasteiger partial charge is 0.326 e. The number of hydrazine groups is 1. The first-order chi connectivity index (χ1) is 10.4. The van der Waals surface area contributed by atoms with Crippen LogP contribution in [0.2, 0.25) is 15.1 Å². The van der Waals surface area contributed by atoms with E-state index >= 15 is 0 Å². The molecule has 0 aromatic heterocycles. The molecule has 0 aliphatic carbocycles. The number of anilines is 1. The van der Waals surface area contributed by atoms with Gasteiger partial charge >= 0.3 is 6.03 Å². The normalized spacial score (nSPS) is 17.0. The highest BCUT2D eigenvalue weighted by Crippen LogP contribution is 2.33. The zero-order chi connectivity index (χ0) is 16.3. The molecule has 1 aliphatic rings. The van der Waals surface area contributed by atoms with Crippen LogP contribution in [0, 0.1) is 0 Å². The molecule has 1 fully saturated rings. The molecule has 1 atom stereocenters. The molecule has 0 radical (unpaired) electrons. The van der Waals surface area contributed by atoms with Crippen molar-refractivity contribution >= 4 is 58.3 Å². The van der Waals surface area contributed by atoms with E-state index in [4.69, 9.17) is 34.8 Å². The van der Waals surface area contributed by atoms with Gasteiger partial charge in [-0.2, -0.15) is 0 Å². The molecule has 2 rings (SSSR count). The smallest absolute Gasteiger partial charge is 0.322 e. The number of imide groups is 1. The highest BCUT2D eigenvalue weighted by molar-refractivity contribution is 6.41. The summed E-state index contributed by atoms with van der Waals surface area (Å²) in [5.41, 5.74) is 5.31. The van der Waals surface area contributed by atoms with Crippen LogP contribution in [0.5, 0.6) is 0 Å². The quantitative estimate of drug-likeness (QED) is 0.474. The van der Waals surface area contributed by atoms with Crippen molar-refractivity contribution in [1.82, 2.24) is 16.1 Å². The minimum atomic E-state index is -0.707. The molecule has 4 N–H and O–H groups in total. The fourth-order valence-corrected chi connectivity index (χ4v) is 2.71. The molecule has 1 aliphatic heterocycles. The summed E-state index contributed by atoms with van der Waals surface area (Å²) in [5, 5.41) is 5.36. The highest BCUT2D eigenvalue weighted by Gasteiger charge is 2.29. The lowest BCUT2D eigenvalue weighted by molar-refractivity contribution is -0.121. The lowest BCUT2D eigenvalue weighted by Crippen LogP contribution is -2.34. The van der Waals surface area contributed by atoms with E-state index in [1.807, 2.05) is 0 Å². The number of nitrogens with one attached hydrogen (secondary N) is 4. The lowest BCUT2D eigenvalue weighted by Gasteiger charge is -2.12. The number of rotatable bonds is 5. The second kappa shape index (κ2) is 7.04. The molecule has 0 bridgehead atoms. The van der Waals surface area contributed by atoms with Crippen LogP contribution in [-0.2, 0) is 9.59 Å². The third-order valence-electron chi connectivity index (χ3n) is 2.85. The number of hydrogen-bond acceptors (Lipinski definition) is 4. The summed E-state index contributed by atoms with van der Waals surface area (Å²) in [6, 6.07) is 1.68. The summed E-state index contributed by atoms with van der Waals surface area (Å²) in [6.45, 7) is 0. The van der Waals surface area contributed by atoms with Crippen molar-refractivity contribution in [2.75, 3.05) is 5.43 Å². The minimum absolute atomic E-state index is 0.0220. The monoisotopic (exact) mass is 364 g/mol. The van der Waals surface area contributed by atoms with E-state index in [1.165, 1.54) is 12.1 Å². The molecule has 22 heavy (non-hydrogen) atoms.